The van der Waals surface area contributed by atoms with Crippen molar-refractivity contribution in [1.82, 2.24) is 14.9 Å². The number of nitrogens with zero attached hydrogens (tertiary/aromatic N) is 3. The molecular formula is C14H11F2N5OS2. The molecule has 1 amide bonds. The maximum Gasteiger partial charge on any atom is 0.234 e. The van der Waals surface area contributed by atoms with E-state index in [0.717, 1.165) is 28.8 Å². The number of carbonyl (C=O) groups excluding carboxylic acids is 1. The molecule has 0 aliphatic heterocycles. The van der Waals surface area contributed by atoms with Gasteiger partial charge in [0.1, 0.15) is 11.6 Å². The molecule has 0 radical (unpaired) electrons. The highest BCUT2D eigenvalue weighted by Crippen LogP contribution is 2.25. The van der Waals surface area contributed by atoms with E-state index in [1.807, 2.05) is 17.5 Å². The van der Waals surface area contributed by atoms with E-state index < -0.39 is 17.5 Å². The van der Waals surface area contributed by atoms with E-state index in [2.05, 4.69) is 15.5 Å². The van der Waals surface area contributed by atoms with Crippen LogP contribution < -0.4 is 11.2 Å². The molecule has 124 valence electrons. The second kappa shape index (κ2) is 6.97. The fourth-order valence-corrected chi connectivity index (χ4v) is 3.22. The van der Waals surface area contributed by atoms with Gasteiger partial charge in [0, 0.05) is 6.07 Å². The molecule has 0 saturated heterocycles. The first kappa shape index (κ1) is 16.4. The van der Waals surface area contributed by atoms with Crippen molar-refractivity contribution in [2.45, 2.75) is 5.16 Å². The van der Waals surface area contributed by atoms with Crippen molar-refractivity contribution >= 4 is 34.7 Å². The Morgan fingerprint density at radius 3 is 2.88 bits per heavy atom. The number of hydrogen-bond donors (Lipinski definition) is 2. The van der Waals surface area contributed by atoms with Crippen LogP contribution in [0.5, 0.6) is 0 Å². The van der Waals surface area contributed by atoms with E-state index in [1.54, 1.807) is 0 Å². The molecule has 0 bridgehead atoms. The van der Waals surface area contributed by atoms with E-state index in [0.29, 0.717) is 17.0 Å². The van der Waals surface area contributed by atoms with Crippen LogP contribution in [0.2, 0.25) is 0 Å². The molecule has 3 N–H and O–H groups in total. The van der Waals surface area contributed by atoms with E-state index in [4.69, 9.17) is 5.84 Å². The van der Waals surface area contributed by atoms with Gasteiger partial charge in [0.05, 0.1) is 16.3 Å². The topological polar surface area (TPSA) is 85.8 Å². The molecule has 0 saturated carbocycles. The Kier molecular flexibility index (Phi) is 4.76. The largest absolute Gasteiger partial charge is 0.335 e. The summed E-state index contributed by atoms with van der Waals surface area (Å²) in [4.78, 5) is 12.7. The summed E-state index contributed by atoms with van der Waals surface area (Å²) in [5, 5.41) is 12.5. The molecule has 10 heteroatoms. The number of thiophene rings is 1. The number of nitrogen functional groups attached to an aromatic ring is 1. The number of aromatic nitrogens is 3. The number of rotatable bonds is 5. The van der Waals surface area contributed by atoms with Gasteiger partial charge in [0.25, 0.3) is 0 Å². The van der Waals surface area contributed by atoms with Crippen LogP contribution in [0.3, 0.4) is 0 Å². The summed E-state index contributed by atoms with van der Waals surface area (Å²) in [6, 6.07) is 6.65. The van der Waals surface area contributed by atoms with Gasteiger partial charge in [-0.05, 0) is 23.6 Å². The van der Waals surface area contributed by atoms with Crippen molar-refractivity contribution in [3.8, 4) is 10.7 Å². The maximum atomic E-state index is 13.5. The van der Waals surface area contributed by atoms with Crippen molar-refractivity contribution in [3.63, 3.8) is 0 Å². The van der Waals surface area contributed by atoms with Crippen molar-refractivity contribution in [2.24, 2.45) is 0 Å². The Balaban J connectivity index is 1.62. The zero-order valence-corrected chi connectivity index (χ0v) is 13.7. The number of anilines is 1. The molecule has 3 aromatic rings. The normalized spacial score (nSPS) is 10.8. The maximum absolute atomic E-state index is 13.5. The molecule has 0 spiro atoms. The lowest BCUT2D eigenvalue weighted by molar-refractivity contribution is -0.113. The van der Waals surface area contributed by atoms with E-state index in [-0.39, 0.29) is 11.4 Å². The first-order chi connectivity index (χ1) is 11.5. The first-order valence-corrected chi connectivity index (χ1v) is 8.53. The Bertz CT molecular complexity index is 866. The summed E-state index contributed by atoms with van der Waals surface area (Å²) >= 11 is 2.53. The third-order valence-electron chi connectivity index (χ3n) is 2.94. The molecule has 24 heavy (non-hydrogen) atoms. The minimum Gasteiger partial charge on any atom is -0.335 e. The molecule has 2 heterocycles. The number of nitrogens with one attached hydrogen (secondary N) is 1. The van der Waals surface area contributed by atoms with Crippen LogP contribution >= 0.6 is 23.1 Å². The fraction of sp³-hybridized carbons (Fsp3) is 0.0714. The number of benzene rings is 1. The fourth-order valence-electron chi connectivity index (χ4n) is 1.86. The van der Waals surface area contributed by atoms with Gasteiger partial charge in [-0.1, -0.05) is 17.8 Å². The van der Waals surface area contributed by atoms with Crippen molar-refractivity contribution < 1.29 is 13.6 Å². The number of hydrogen-bond acceptors (Lipinski definition) is 6. The van der Waals surface area contributed by atoms with E-state index >= 15 is 0 Å². The first-order valence-electron chi connectivity index (χ1n) is 6.66. The number of halogens is 2. The van der Waals surface area contributed by atoms with E-state index in [1.165, 1.54) is 16.0 Å². The Labute approximate surface area is 143 Å². The van der Waals surface area contributed by atoms with Crippen molar-refractivity contribution in [3.05, 3.63) is 47.3 Å². The number of carbonyl (C=O) groups is 1. The minimum atomic E-state index is -0.838. The van der Waals surface area contributed by atoms with Crippen LogP contribution in [0.15, 0.2) is 40.9 Å². The summed E-state index contributed by atoms with van der Waals surface area (Å²) in [6.45, 7) is 0. The monoisotopic (exact) mass is 367 g/mol. The minimum absolute atomic E-state index is 0.0450. The van der Waals surface area contributed by atoms with Gasteiger partial charge in [0.15, 0.2) is 5.82 Å². The van der Waals surface area contributed by atoms with Crippen molar-refractivity contribution in [2.75, 3.05) is 16.9 Å². The van der Waals surface area contributed by atoms with Crippen LogP contribution in [-0.2, 0) is 4.79 Å². The van der Waals surface area contributed by atoms with Gasteiger partial charge in [-0.15, -0.1) is 21.5 Å². The second-order valence-corrected chi connectivity index (χ2v) is 6.50. The molecule has 0 fully saturated rings. The van der Waals surface area contributed by atoms with Crippen LogP contribution in [0.4, 0.5) is 14.5 Å². The molecule has 0 unspecified atom stereocenters. The van der Waals surface area contributed by atoms with Crippen LogP contribution in [0.1, 0.15) is 0 Å². The van der Waals surface area contributed by atoms with Gasteiger partial charge in [-0.3, -0.25) is 4.79 Å². The van der Waals surface area contributed by atoms with Gasteiger partial charge >= 0.3 is 0 Å². The molecular weight excluding hydrogens is 356 g/mol. The Hall–Kier alpha value is -2.46. The Morgan fingerprint density at radius 2 is 2.17 bits per heavy atom. The SMILES string of the molecule is Nn1c(SCC(=O)Nc2ccc(F)cc2F)nnc1-c1cccs1. The number of nitrogens with two attached hydrogens (primary N) is 1. The standard InChI is InChI=1S/C14H11F2N5OS2/c15-8-3-4-10(9(16)6-8)18-12(22)7-24-14-20-19-13(21(14)17)11-2-1-5-23-11/h1-6H,7,17H2,(H,18,22). The Morgan fingerprint density at radius 1 is 1.33 bits per heavy atom. The summed E-state index contributed by atoms with van der Waals surface area (Å²) < 4.78 is 27.6. The van der Waals surface area contributed by atoms with Gasteiger partial charge < -0.3 is 11.2 Å². The van der Waals surface area contributed by atoms with Crippen LogP contribution in [0.25, 0.3) is 10.7 Å². The lowest BCUT2D eigenvalue weighted by Crippen LogP contribution is -2.17. The molecule has 6 nitrogen and oxygen atoms in total. The summed E-state index contributed by atoms with van der Waals surface area (Å²) in [5.74, 6) is 4.36. The quantitative estimate of drug-likeness (QED) is 0.535. The molecule has 0 aliphatic carbocycles. The summed E-state index contributed by atoms with van der Waals surface area (Å²) in [6.07, 6.45) is 0. The zero-order chi connectivity index (χ0) is 17.1. The summed E-state index contributed by atoms with van der Waals surface area (Å²) in [5.41, 5.74) is -0.0875. The average molecular weight is 367 g/mol. The van der Waals surface area contributed by atoms with Crippen molar-refractivity contribution in [1.29, 1.82) is 0 Å². The van der Waals surface area contributed by atoms with E-state index in [9.17, 15) is 13.6 Å². The third-order valence-corrected chi connectivity index (χ3v) is 4.75. The lowest BCUT2D eigenvalue weighted by Gasteiger charge is -2.06. The highest BCUT2D eigenvalue weighted by Gasteiger charge is 2.15. The van der Waals surface area contributed by atoms with Gasteiger partial charge in [0.2, 0.25) is 11.1 Å². The zero-order valence-electron chi connectivity index (χ0n) is 12.1. The predicted octanol–water partition coefficient (Wildman–Crippen LogP) is 2.73. The highest BCUT2D eigenvalue weighted by molar-refractivity contribution is 7.99. The predicted molar refractivity (Wildman–Crippen MR) is 89.2 cm³/mol. The van der Waals surface area contributed by atoms with Crippen LogP contribution in [-0.4, -0.2) is 26.5 Å². The summed E-state index contributed by atoms with van der Waals surface area (Å²) in [7, 11) is 0. The average Bonchev–Trinajstić information content (AvgIpc) is 3.18. The molecule has 0 aliphatic rings. The lowest BCUT2D eigenvalue weighted by atomic mass is 10.3. The second-order valence-electron chi connectivity index (χ2n) is 4.61. The van der Waals surface area contributed by atoms with Gasteiger partial charge in [-0.25, -0.2) is 13.5 Å². The molecule has 1 aromatic carbocycles. The number of thioether (sulfide) groups is 1. The van der Waals surface area contributed by atoms with Gasteiger partial charge in [-0.2, -0.15) is 0 Å². The smallest absolute Gasteiger partial charge is 0.234 e. The third kappa shape index (κ3) is 3.54. The molecule has 3 rings (SSSR count). The molecule has 2 aromatic heterocycles. The van der Waals surface area contributed by atoms with Crippen LogP contribution in [0, 0.1) is 11.6 Å². The highest BCUT2D eigenvalue weighted by atomic mass is 32.2. The number of amides is 1. The molecule has 0 atom stereocenters.